The Morgan fingerprint density at radius 1 is 1.27 bits per heavy atom. The fourth-order valence-electron chi connectivity index (χ4n) is 1.74. The van der Waals surface area contributed by atoms with Crippen molar-refractivity contribution >= 4 is 17.8 Å². The Hall–Kier alpha value is -2.55. The predicted molar refractivity (Wildman–Crippen MR) is 73.3 cm³/mol. The van der Waals surface area contributed by atoms with Gasteiger partial charge in [-0.15, -0.1) is 0 Å². The first-order chi connectivity index (χ1) is 10.4. The third-order valence-corrected chi connectivity index (χ3v) is 3.17. The maximum absolute atomic E-state index is 12.0. The van der Waals surface area contributed by atoms with Crippen molar-refractivity contribution in [2.75, 3.05) is 33.8 Å². The Bertz CT molecular complexity index is 581. The number of carbonyl (C=O) groups is 3. The van der Waals surface area contributed by atoms with Crippen LogP contribution in [-0.2, 0) is 9.53 Å². The van der Waals surface area contributed by atoms with Crippen molar-refractivity contribution in [1.29, 1.82) is 0 Å². The van der Waals surface area contributed by atoms with Crippen LogP contribution in [-0.4, -0.2) is 82.6 Å². The normalized spacial score (nSPS) is 14.4. The van der Waals surface area contributed by atoms with Gasteiger partial charge < -0.3 is 19.6 Å². The van der Waals surface area contributed by atoms with Gasteiger partial charge in [0.25, 0.3) is 5.91 Å². The summed E-state index contributed by atoms with van der Waals surface area (Å²) >= 11 is 0. The van der Waals surface area contributed by atoms with E-state index in [-0.39, 0.29) is 35.9 Å². The minimum absolute atomic E-state index is 0.0210. The molecule has 0 aliphatic carbocycles. The summed E-state index contributed by atoms with van der Waals surface area (Å²) in [4.78, 5) is 44.4. The molecule has 1 fully saturated rings. The van der Waals surface area contributed by atoms with Gasteiger partial charge in [0.2, 0.25) is 5.91 Å². The summed E-state index contributed by atoms with van der Waals surface area (Å²) < 4.78 is 5.37. The fraction of sp³-hybridized carbons (Fsp3) is 0.462. The molecule has 0 unspecified atom stereocenters. The molecule has 0 spiro atoms. The Labute approximate surface area is 126 Å². The summed E-state index contributed by atoms with van der Waals surface area (Å²) in [5, 5.41) is 8.71. The third-order valence-electron chi connectivity index (χ3n) is 3.17. The molecule has 0 saturated carbocycles. The van der Waals surface area contributed by atoms with Crippen molar-refractivity contribution < 1.29 is 24.2 Å². The van der Waals surface area contributed by atoms with Crippen LogP contribution in [0.4, 0.5) is 0 Å². The minimum Gasteiger partial charge on any atom is -0.476 e. The van der Waals surface area contributed by atoms with Crippen LogP contribution in [0.2, 0.25) is 0 Å². The van der Waals surface area contributed by atoms with Crippen LogP contribution in [0.5, 0.6) is 0 Å². The predicted octanol–water partition coefficient (Wildman–Crippen LogP) is -0.896. The van der Waals surface area contributed by atoms with Crippen LogP contribution < -0.4 is 0 Å². The van der Waals surface area contributed by atoms with Gasteiger partial charge in [-0.25, -0.2) is 14.8 Å². The summed E-state index contributed by atoms with van der Waals surface area (Å²) in [6.45, 7) is 0.705. The lowest BCUT2D eigenvalue weighted by Gasteiger charge is -2.38. The van der Waals surface area contributed by atoms with E-state index in [1.54, 1.807) is 14.1 Å². The van der Waals surface area contributed by atoms with E-state index in [9.17, 15) is 14.4 Å². The lowest BCUT2D eigenvalue weighted by Crippen LogP contribution is -2.55. The molecule has 0 bridgehead atoms. The van der Waals surface area contributed by atoms with Crippen LogP contribution >= 0.6 is 0 Å². The fourth-order valence-corrected chi connectivity index (χ4v) is 1.74. The number of aromatic nitrogens is 2. The summed E-state index contributed by atoms with van der Waals surface area (Å²) in [7, 11) is 3.28. The molecule has 2 heterocycles. The van der Waals surface area contributed by atoms with E-state index in [2.05, 4.69) is 9.97 Å². The van der Waals surface area contributed by atoms with E-state index in [1.165, 1.54) is 9.80 Å². The molecule has 1 aromatic rings. The minimum atomic E-state index is -1.20. The average Bonchev–Trinajstić information content (AvgIpc) is 2.45. The van der Waals surface area contributed by atoms with Gasteiger partial charge in [-0.3, -0.25) is 9.59 Å². The van der Waals surface area contributed by atoms with E-state index in [0.29, 0.717) is 13.1 Å². The van der Waals surface area contributed by atoms with E-state index in [1.807, 2.05) is 0 Å². The molecule has 1 aromatic heterocycles. The quantitative estimate of drug-likeness (QED) is 0.750. The van der Waals surface area contributed by atoms with E-state index >= 15 is 0 Å². The molecule has 0 aromatic carbocycles. The molecule has 2 rings (SSSR count). The number of carboxylic acid groups (broad SMARTS) is 1. The van der Waals surface area contributed by atoms with Gasteiger partial charge in [0.05, 0.1) is 18.5 Å². The molecular formula is C13H16N4O5. The second-order valence-corrected chi connectivity index (χ2v) is 5.02. The molecule has 1 aliphatic heterocycles. The number of likely N-dealkylation sites (N-methyl/N-ethyl adjacent to an activating group) is 1. The second-order valence-electron chi connectivity index (χ2n) is 5.02. The van der Waals surface area contributed by atoms with Crippen molar-refractivity contribution in [3.05, 3.63) is 23.8 Å². The second kappa shape index (κ2) is 6.48. The van der Waals surface area contributed by atoms with Gasteiger partial charge >= 0.3 is 5.97 Å². The molecule has 118 valence electrons. The average molecular weight is 308 g/mol. The summed E-state index contributed by atoms with van der Waals surface area (Å²) in [5.41, 5.74) is -0.142. The maximum atomic E-state index is 12.0. The first kappa shape index (κ1) is 15.8. The van der Waals surface area contributed by atoms with E-state index in [0.717, 1.165) is 12.4 Å². The highest BCUT2D eigenvalue weighted by Gasteiger charge is 2.33. The first-order valence-electron chi connectivity index (χ1n) is 6.55. The maximum Gasteiger partial charge on any atom is 0.356 e. The Balaban J connectivity index is 1.81. The monoisotopic (exact) mass is 308 g/mol. The molecule has 0 atom stereocenters. The van der Waals surface area contributed by atoms with Gasteiger partial charge in [-0.2, -0.15) is 0 Å². The standard InChI is InChI=1S/C13H16N4O5/c1-16(2)11(18)7-22-8-5-17(6-8)12(19)9-3-15-10(4-14-9)13(20)21/h3-4,8H,5-7H2,1-2H3,(H,20,21). The summed E-state index contributed by atoms with van der Waals surface area (Å²) in [5.74, 6) is -1.68. The molecule has 9 nitrogen and oxygen atoms in total. The number of likely N-dealkylation sites (tertiary alicyclic amines) is 1. The molecule has 1 saturated heterocycles. The molecule has 1 aliphatic rings. The smallest absolute Gasteiger partial charge is 0.356 e. The topological polar surface area (TPSA) is 113 Å². The van der Waals surface area contributed by atoms with Gasteiger partial charge in [0.15, 0.2) is 5.69 Å². The Kier molecular flexibility index (Phi) is 4.66. The zero-order chi connectivity index (χ0) is 16.3. The van der Waals surface area contributed by atoms with Crippen LogP contribution in [0.1, 0.15) is 21.0 Å². The molecular weight excluding hydrogens is 292 g/mol. The Morgan fingerprint density at radius 3 is 2.36 bits per heavy atom. The number of hydrogen-bond donors (Lipinski definition) is 1. The number of nitrogens with zero attached hydrogens (tertiary/aromatic N) is 4. The Morgan fingerprint density at radius 2 is 1.86 bits per heavy atom. The summed E-state index contributed by atoms with van der Waals surface area (Å²) in [6.07, 6.45) is 1.99. The number of carboxylic acids is 1. The van der Waals surface area contributed by atoms with Gasteiger partial charge in [-0.1, -0.05) is 0 Å². The van der Waals surface area contributed by atoms with Crippen molar-refractivity contribution in [2.24, 2.45) is 0 Å². The lowest BCUT2D eigenvalue weighted by atomic mass is 10.1. The largest absolute Gasteiger partial charge is 0.476 e. The number of carbonyl (C=O) groups excluding carboxylic acids is 2. The van der Waals surface area contributed by atoms with E-state index in [4.69, 9.17) is 9.84 Å². The number of hydrogen-bond acceptors (Lipinski definition) is 6. The third kappa shape index (κ3) is 3.55. The SMILES string of the molecule is CN(C)C(=O)COC1CN(C(=O)c2cnc(C(=O)O)cn2)C1. The lowest BCUT2D eigenvalue weighted by molar-refractivity contribution is -0.138. The zero-order valence-corrected chi connectivity index (χ0v) is 12.2. The van der Waals surface area contributed by atoms with Crippen molar-refractivity contribution in [3.8, 4) is 0 Å². The van der Waals surface area contributed by atoms with Gasteiger partial charge in [-0.05, 0) is 0 Å². The number of ether oxygens (including phenoxy) is 1. The molecule has 2 amide bonds. The van der Waals surface area contributed by atoms with Crippen molar-refractivity contribution in [1.82, 2.24) is 19.8 Å². The highest BCUT2D eigenvalue weighted by atomic mass is 16.5. The van der Waals surface area contributed by atoms with Crippen molar-refractivity contribution in [3.63, 3.8) is 0 Å². The van der Waals surface area contributed by atoms with Crippen molar-refractivity contribution in [2.45, 2.75) is 6.10 Å². The molecule has 0 radical (unpaired) electrons. The number of amides is 2. The van der Waals surface area contributed by atoms with E-state index < -0.39 is 5.97 Å². The first-order valence-corrected chi connectivity index (χ1v) is 6.55. The van der Waals surface area contributed by atoms with Crippen LogP contribution in [0, 0.1) is 0 Å². The van der Waals surface area contributed by atoms with Gasteiger partial charge in [0.1, 0.15) is 12.3 Å². The highest BCUT2D eigenvalue weighted by molar-refractivity contribution is 5.93. The summed E-state index contributed by atoms with van der Waals surface area (Å²) in [6, 6.07) is 0. The van der Waals surface area contributed by atoms with Crippen LogP contribution in [0.3, 0.4) is 0 Å². The molecule has 9 heteroatoms. The zero-order valence-electron chi connectivity index (χ0n) is 12.2. The van der Waals surface area contributed by atoms with Crippen LogP contribution in [0.15, 0.2) is 12.4 Å². The number of rotatable bonds is 5. The molecule has 1 N–H and O–H groups in total. The number of aromatic carboxylic acids is 1. The van der Waals surface area contributed by atoms with Gasteiger partial charge in [0, 0.05) is 27.2 Å². The highest BCUT2D eigenvalue weighted by Crippen LogP contribution is 2.14. The molecule has 22 heavy (non-hydrogen) atoms. The van der Waals surface area contributed by atoms with Crippen LogP contribution in [0.25, 0.3) is 0 Å².